The predicted molar refractivity (Wildman–Crippen MR) is 92.4 cm³/mol. The summed E-state index contributed by atoms with van der Waals surface area (Å²) in [5, 5.41) is 2.78. The van der Waals surface area contributed by atoms with Gasteiger partial charge < -0.3 is 15.6 Å². The zero-order valence-corrected chi connectivity index (χ0v) is 14.1. The summed E-state index contributed by atoms with van der Waals surface area (Å²) in [5.74, 6) is 0.678. The Morgan fingerprint density at radius 2 is 2.00 bits per heavy atom. The van der Waals surface area contributed by atoms with Crippen molar-refractivity contribution in [1.82, 2.24) is 14.9 Å². The van der Waals surface area contributed by atoms with E-state index < -0.39 is 6.04 Å². The van der Waals surface area contributed by atoms with E-state index in [2.05, 4.69) is 27.0 Å². The zero-order chi connectivity index (χ0) is 14.4. The highest BCUT2D eigenvalue weighted by atomic mass is 35.5. The third-order valence-electron chi connectivity index (χ3n) is 3.12. The molecule has 0 saturated carbocycles. The maximum Gasteiger partial charge on any atom is 0.237 e. The van der Waals surface area contributed by atoms with Crippen LogP contribution in [0.5, 0.6) is 0 Å². The van der Waals surface area contributed by atoms with Gasteiger partial charge in [-0.15, -0.1) is 24.8 Å². The molecule has 1 aromatic heterocycles. The first-order valence-corrected chi connectivity index (χ1v) is 6.74. The normalized spacial score (nSPS) is 11.0. The van der Waals surface area contributed by atoms with Crippen molar-refractivity contribution in [3.63, 3.8) is 0 Å². The number of hydrogen-bond acceptors (Lipinski definition) is 3. The maximum absolute atomic E-state index is 11.5. The summed E-state index contributed by atoms with van der Waals surface area (Å²) in [6.45, 7) is 2.91. The average Bonchev–Trinajstić information content (AvgIpc) is 2.91. The van der Waals surface area contributed by atoms with Gasteiger partial charge in [0.05, 0.1) is 12.6 Å². The van der Waals surface area contributed by atoms with Gasteiger partial charge in [-0.25, -0.2) is 4.98 Å². The van der Waals surface area contributed by atoms with Crippen LogP contribution in [0.25, 0.3) is 0 Å². The molecule has 0 fully saturated rings. The predicted octanol–water partition coefficient (Wildman–Crippen LogP) is 1.93. The number of halogens is 2. The van der Waals surface area contributed by atoms with Gasteiger partial charge in [0.2, 0.25) is 5.91 Å². The van der Waals surface area contributed by atoms with Gasteiger partial charge in [0.1, 0.15) is 5.82 Å². The van der Waals surface area contributed by atoms with E-state index in [9.17, 15) is 4.79 Å². The second-order valence-electron chi connectivity index (χ2n) is 4.78. The Kier molecular flexibility index (Phi) is 9.49. The number of carbonyl (C=O) groups is 1. The van der Waals surface area contributed by atoms with Crippen LogP contribution in [0, 0.1) is 0 Å². The van der Waals surface area contributed by atoms with Crippen molar-refractivity contribution in [2.24, 2.45) is 5.73 Å². The van der Waals surface area contributed by atoms with E-state index in [1.807, 2.05) is 24.4 Å². The third kappa shape index (κ3) is 6.05. The molecule has 5 nitrogen and oxygen atoms in total. The number of amides is 1. The molecular formula is C15H22Cl2N4O. The number of imidazole rings is 1. The molecule has 1 heterocycles. The Morgan fingerprint density at radius 3 is 2.64 bits per heavy atom. The van der Waals surface area contributed by atoms with Gasteiger partial charge in [-0.05, 0) is 18.9 Å². The molecule has 2 aromatic rings. The number of carbonyl (C=O) groups excluding carboxylic acids is 1. The lowest BCUT2D eigenvalue weighted by Crippen LogP contribution is -2.38. The van der Waals surface area contributed by atoms with Gasteiger partial charge in [0, 0.05) is 18.9 Å². The van der Waals surface area contributed by atoms with Crippen molar-refractivity contribution in [1.29, 1.82) is 0 Å². The summed E-state index contributed by atoms with van der Waals surface area (Å²) < 4.78 is 2.05. The highest BCUT2D eigenvalue weighted by molar-refractivity contribution is 5.85. The molecule has 122 valence electrons. The summed E-state index contributed by atoms with van der Waals surface area (Å²) in [7, 11) is 0. The molecule has 0 aliphatic rings. The first kappa shape index (κ1) is 20.4. The molecule has 2 rings (SSSR count). The van der Waals surface area contributed by atoms with Crippen LogP contribution in [-0.2, 0) is 24.3 Å². The standard InChI is InChI=1S/C15H20N4O.2ClH/c1-12(16)15(20)18-11-14-17-8-10-19(14)9-7-13-5-3-2-4-6-13;;/h2-6,8,10,12H,7,9,11,16H2,1H3,(H,18,20);2*1H/t12-;;/m1../s1. The van der Waals surface area contributed by atoms with E-state index in [0.29, 0.717) is 6.54 Å². The van der Waals surface area contributed by atoms with Gasteiger partial charge in [-0.2, -0.15) is 0 Å². The molecular weight excluding hydrogens is 323 g/mol. The third-order valence-corrected chi connectivity index (χ3v) is 3.12. The molecule has 1 amide bonds. The fraction of sp³-hybridized carbons (Fsp3) is 0.333. The minimum absolute atomic E-state index is 0. The number of aromatic nitrogens is 2. The van der Waals surface area contributed by atoms with Crippen LogP contribution in [0.15, 0.2) is 42.7 Å². The highest BCUT2D eigenvalue weighted by Crippen LogP contribution is 2.04. The van der Waals surface area contributed by atoms with Crippen LogP contribution >= 0.6 is 24.8 Å². The monoisotopic (exact) mass is 344 g/mol. The Hall–Kier alpha value is -1.56. The van der Waals surface area contributed by atoms with Crippen molar-refractivity contribution in [2.45, 2.75) is 32.5 Å². The van der Waals surface area contributed by atoms with E-state index in [-0.39, 0.29) is 30.7 Å². The molecule has 0 aliphatic carbocycles. The molecule has 1 aromatic carbocycles. The Bertz CT molecular complexity index is 558. The number of hydrogen-bond donors (Lipinski definition) is 2. The minimum atomic E-state index is -0.497. The van der Waals surface area contributed by atoms with Crippen LogP contribution in [0.4, 0.5) is 0 Å². The van der Waals surface area contributed by atoms with Gasteiger partial charge in [0.15, 0.2) is 0 Å². The van der Waals surface area contributed by atoms with E-state index in [1.165, 1.54) is 5.56 Å². The zero-order valence-electron chi connectivity index (χ0n) is 12.4. The topological polar surface area (TPSA) is 72.9 Å². The molecule has 0 radical (unpaired) electrons. The molecule has 1 atom stereocenters. The van der Waals surface area contributed by atoms with E-state index in [0.717, 1.165) is 18.8 Å². The molecule has 0 spiro atoms. The lowest BCUT2D eigenvalue weighted by molar-refractivity contribution is -0.122. The van der Waals surface area contributed by atoms with Crippen molar-refractivity contribution in [3.05, 3.63) is 54.1 Å². The van der Waals surface area contributed by atoms with E-state index in [4.69, 9.17) is 5.73 Å². The van der Waals surface area contributed by atoms with E-state index in [1.54, 1.807) is 13.1 Å². The highest BCUT2D eigenvalue weighted by Gasteiger charge is 2.09. The first-order chi connectivity index (χ1) is 9.66. The van der Waals surface area contributed by atoms with Crippen molar-refractivity contribution in [2.75, 3.05) is 0 Å². The molecule has 22 heavy (non-hydrogen) atoms. The quantitative estimate of drug-likeness (QED) is 0.840. The van der Waals surface area contributed by atoms with Crippen molar-refractivity contribution in [3.8, 4) is 0 Å². The van der Waals surface area contributed by atoms with E-state index >= 15 is 0 Å². The van der Waals surface area contributed by atoms with Crippen molar-refractivity contribution >= 4 is 30.7 Å². The fourth-order valence-corrected chi connectivity index (χ4v) is 1.93. The minimum Gasteiger partial charge on any atom is -0.348 e. The lowest BCUT2D eigenvalue weighted by atomic mass is 10.1. The first-order valence-electron chi connectivity index (χ1n) is 6.74. The number of nitrogens with zero attached hydrogens (tertiary/aromatic N) is 2. The van der Waals surface area contributed by atoms with Crippen LogP contribution in [-0.4, -0.2) is 21.5 Å². The summed E-state index contributed by atoms with van der Waals surface area (Å²) in [6.07, 6.45) is 4.61. The van der Waals surface area contributed by atoms with Gasteiger partial charge in [0.25, 0.3) is 0 Å². The lowest BCUT2D eigenvalue weighted by Gasteiger charge is -2.10. The molecule has 0 bridgehead atoms. The van der Waals surface area contributed by atoms with Crippen LogP contribution < -0.4 is 11.1 Å². The van der Waals surface area contributed by atoms with Crippen molar-refractivity contribution < 1.29 is 4.79 Å². The Morgan fingerprint density at radius 1 is 1.32 bits per heavy atom. The molecule has 7 heteroatoms. The smallest absolute Gasteiger partial charge is 0.237 e. The SMILES string of the molecule is C[C@@H](N)C(=O)NCc1nccn1CCc1ccccc1.Cl.Cl. The van der Waals surface area contributed by atoms with Gasteiger partial charge in [-0.1, -0.05) is 30.3 Å². The second kappa shape index (κ2) is 10.2. The summed E-state index contributed by atoms with van der Waals surface area (Å²) in [6, 6.07) is 9.79. The summed E-state index contributed by atoms with van der Waals surface area (Å²) >= 11 is 0. The molecule has 0 saturated heterocycles. The second-order valence-corrected chi connectivity index (χ2v) is 4.78. The number of rotatable bonds is 6. The summed E-state index contributed by atoms with van der Waals surface area (Å²) in [4.78, 5) is 15.7. The number of benzene rings is 1. The average molecular weight is 345 g/mol. The number of nitrogens with one attached hydrogen (secondary N) is 1. The summed E-state index contributed by atoms with van der Waals surface area (Å²) in [5.41, 5.74) is 6.79. The van der Waals surface area contributed by atoms with Gasteiger partial charge >= 0.3 is 0 Å². The largest absolute Gasteiger partial charge is 0.348 e. The van der Waals surface area contributed by atoms with Crippen LogP contribution in [0.3, 0.4) is 0 Å². The van der Waals surface area contributed by atoms with Gasteiger partial charge in [-0.3, -0.25) is 4.79 Å². The maximum atomic E-state index is 11.5. The number of nitrogens with two attached hydrogens (primary N) is 1. The molecule has 3 N–H and O–H groups in total. The molecule has 0 aliphatic heterocycles. The number of aryl methyl sites for hydroxylation is 2. The van der Waals surface area contributed by atoms with Crippen LogP contribution in [0.1, 0.15) is 18.3 Å². The Balaban J connectivity index is 0.00000220. The Labute approximate surface area is 143 Å². The fourth-order valence-electron chi connectivity index (χ4n) is 1.93. The molecule has 0 unspecified atom stereocenters. The van der Waals surface area contributed by atoms with Crippen LogP contribution in [0.2, 0.25) is 0 Å².